The number of rotatable bonds is 6. The molecule has 1 heterocycles. The Kier molecular flexibility index (Phi) is 8.29. The molecule has 6 nitrogen and oxygen atoms in total. The van der Waals surface area contributed by atoms with E-state index in [2.05, 4.69) is 10.0 Å². The fourth-order valence-corrected chi connectivity index (χ4v) is 2.73. The van der Waals surface area contributed by atoms with Gasteiger partial charge in [0.05, 0.1) is 0 Å². The van der Waals surface area contributed by atoms with Crippen molar-refractivity contribution in [3.63, 3.8) is 0 Å². The van der Waals surface area contributed by atoms with E-state index >= 15 is 0 Å². The largest absolute Gasteiger partial charge is 0.405 e. The van der Waals surface area contributed by atoms with Crippen molar-refractivity contribution in [3.05, 3.63) is 0 Å². The van der Waals surface area contributed by atoms with Gasteiger partial charge in [-0.25, -0.2) is 9.44 Å². The van der Waals surface area contributed by atoms with Crippen LogP contribution in [0.15, 0.2) is 0 Å². The van der Waals surface area contributed by atoms with Gasteiger partial charge in [-0.05, 0) is 0 Å². The molecule has 3 N–H and O–H groups in total. The Hall–Kier alpha value is -0.130. The summed E-state index contributed by atoms with van der Waals surface area (Å²) in [4.78, 5) is 1.24. The zero-order chi connectivity index (χ0) is 14.5. The Labute approximate surface area is 123 Å². The smallest absolute Gasteiger partial charge is 0.314 e. The van der Waals surface area contributed by atoms with Crippen LogP contribution in [0.1, 0.15) is 6.92 Å². The quantitative estimate of drug-likeness (QED) is 0.620. The van der Waals surface area contributed by atoms with Gasteiger partial charge < -0.3 is 5.32 Å². The maximum Gasteiger partial charge on any atom is 0.405 e. The van der Waals surface area contributed by atoms with E-state index in [0.29, 0.717) is 13.1 Å². The van der Waals surface area contributed by atoms with E-state index in [9.17, 15) is 21.6 Å². The number of halogens is 4. The second kappa shape index (κ2) is 8.35. The molecule has 1 saturated heterocycles. The van der Waals surface area contributed by atoms with Crippen molar-refractivity contribution >= 4 is 22.6 Å². The molecule has 1 atom stereocenters. The molecule has 122 valence electrons. The molecule has 0 saturated carbocycles. The predicted octanol–water partition coefficient (Wildman–Crippen LogP) is -0.312. The normalized spacial score (nSPS) is 19.4. The average Bonchev–Trinajstić information content (AvgIpc) is 2.28. The molecular weight excluding hydrogens is 321 g/mol. The summed E-state index contributed by atoms with van der Waals surface area (Å²) in [7, 11) is -3.87. The summed E-state index contributed by atoms with van der Waals surface area (Å²) in [5, 5.41) is 2.95. The highest BCUT2D eigenvalue weighted by molar-refractivity contribution is 7.87. The van der Waals surface area contributed by atoms with E-state index in [1.165, 1.54) is 4.90 Å². The van der Waals surface area contributed by atoms with Crippen LogP contribution in [0.2, 0.25) is 0 Å². The maximum atomic E-state index is 12.9. The molecule has 0 aromatic rings. The van der Waals surface area contributed by atoms with Crippen LogP contribution in [0.25, 0.3) is 0 Å². The number of nitrogens with zero attached hydrogens (tertiary/aromatic N) is 1. The molecule has 1 unspecified atom stereocenters. The summed E-state index contributed by atoms with van der Waals surface area (Å²) >= 11 is 0. The van der Waals surface area contributed by atoms with E-state index in [4.69, 9.17) is 0 Å². The highest BCUT2D eigenvalue weighted by Crippen LogP contribution is 2.24. The Balaban J connectivity index is 0.00000361. The zero-order valence-corrected chi connectivity index (χ0v) is 12.7. The van der Waals surface area contributed by atoms with Gasteiger partial charge >= 0.3 is 6.18 Å². The molecule has 20 heavy (non-hydrogen) atoms. The van der Waals surface area contributed by atoms with E-state index < -0.39 is 29.0 Å². The monoisotopic (exact) mass is 340 g/mol. The number of alkyl halides is 3. The topological polar surface area (TPSA) is 73.5 Å². The number of piperazine rings is 1. The van der Waals surface area contributed by atoms with Crippen LogP contribution < -0.4 is 14.8 Å². The molecular formula is C9H20ClF3N4O2S. The molecule has 0 aromatic carbocycles. The number of nitrogens with one attached hydrogen (secondary N) is 3. The lowest BCUT2D eigenvalue weighted by molar-refractivity contribution is -0.182. The molecule has 1 fully saturated rings. The van der Waals surface area contributed by atoms with Gasteiger partial charge in [0.1, 0.15) is 6.04 Å². The summed E-state index contributed by atoms with van der Waals surface area (Å²) < 4.78 is 65.5. The van der Waals surface area contributed by atoms with Crippen LogP contribution >= 0.6 is 12.4 Å². The fourth-order valence-electron chi connectivity index (χ4n) is 1.88. The standard InChI is InChI=1S/C9H19F3N4O2S.ClH/c1-2-14-19(17,18)15-7-8(9(10,11)12)16-5-3-13-4-6-16;/h8,13-15H,2-7H2,1H3;1H. The van der Waals surface area contributed by atoms with Gasteiger partial charge in [-0.15, -0.1) is 12.4 Å². The second-order valence-corrected chi connectivity index (χ2v) is 5.78. The first-order chi connectivity index (χ1) is 8.76. The molecule has 0 aromatic heterocycles. The van der Waals surface area contributed by atoms with Gasteiger partial charge in [0.15, 0.2) is 0 Å². The van der Waals surface area contributed by atoms with Gasteiger partial charge in [-0.1, -0.05) is 6.92 Å². The van der Waals surface area contributed by atoms with Crippen molar-refractivity contribution in [2.45, 2.75) is 19.1 Å². The van der Waals surface area contributed by atoms with Crippen LogP contribution in [0.3, 0.4) is 0 Å². The molecule has 1 aliphatic heterocycles. The summed E-state index contributed by atoms with van der Waals surface area (Å²) in [5.41, 5.74) is 0. The van der Waals surface area contributed by atoms with Crippen molar-refractivity contribution in [3.8, 4) is 0 Å². The SMILES string of the molecule is CCNS(=O)(=O)NCC(N1CCNCC1)C(F)(F)F.Cl. The minimum atomic E-state index is -4.47. The molecule has 11 heteroatoms. The van der Waals surface area contributed by atoms with E-state index in [1.807, 2.05) is 4.72 Å². The summed E-state index contributed by atoms with van der Waals surface area (Å²) in [6, 6.07) is -1.80. The Morgan fingerprint density at radius 2 is 1.80 bits per heavy atom. The molecule has 0 amide bonds. The van der Waals surface area contributed by atoms with Gasteiger partial charge in [-0.3, -0.25) is 4.90 Å². The van der Waals surface area contributed by atoms with Crippen molar-refractivity contribution < 1.29 is 21.6 Å². The average molecular weight is 341 g/mol. The Morgan fingerprint density at radius 3 is 2.25 bits per heavy atom. The van der Waals surface area contributed by atoms with Crippen LogP contribution in [0.5, 0.6) is 0 Å². The molecule has 0 bridgehead atoms. The van der Waals surface area contributed by atoms with Crippen LogP contribution in [-0.2, 0) is 10.2 Å². The Bertz CT molecular complexity index is 374. The summed E-state index contributed by atoms with van der Waals surface area (Å²) in [5.74, 6) is 0. The maximum absolute atomic E-state index is 12.9. The minimum absolute atomic E-state index is 0. The van der Waals surface area contributed by atoms with Crippen LogP contribution in [-0.4, -0.2) is 64.8 Å². The molecule has 0 radical (unpaired) electrons. The third kappa shape index (κ3) is 6.55. The first-order valence-corrected chi connectivity index (χ1v) is 7.50. The number of hydrogen-bond donors (Lipinski definition) is 3. The van der Waals surface area contributed by atoms with Crippen molar-refractivity contribution in [1.82, 2.24) is 19.7 Å². The molecule has 0 aliphatic carbocycles. The van der Waals surface area contributed by atoms with Crippen LogP contribution in [0.4, 0.5) is 13.2 Å². The lowest BCUT2D eigenvalue weighted by atomic mass is 10.2. The van der Waals surface area contributed by atoms with Gasteiger partial charge in [0.2, 0.25) is 0 Å². The van der Waals surface area contributed by atoms with Gasteiger partial charge in [0, 0.05) is 39.3 Å². The molecule has 1 rings (SSSR count). The summed E-state index contributed by atoms with van der Waals surface area (Å²) in [6.45, 7) is 2.41. The van der Waals surface area contributed by atoms with Crippen molar-refractivity contribution in [2.24, 2.45) is 0 Å². The summed E-state index contributed by atoms with van der Waals surface area (Å²) in [6.07, 6.45) is -4.47. The lowest BCUT2D eigenvalue weighted by Crippen LogP contribution is -2.58. The van der Waals surface area contributed by atoms with Crippen LogP contribution in [0, 0.1) is 0 Å². The van der Waals surface area contributed by atoms with E-state index in [1.54, 1.807) is 6.92 Å². The third-order valence-corrected chi connectivity index (χ3v) is 3.99. The fraction of sp³-hybridized carbons (Fsp3) is 1.00. The van der Waals surface area contributed by atoms with Gasteiger partial charge in [-0.2, -0.15) is 21.6 Å². The van der Waals surface area contributed by atoms with Gasteiger partial charge in [0.25, 0.3) is 10.2 Å². The minimum Gasteiger partial charge on any atom is -0.314 e. The van der Waals surface area contributed by atoms with E-state index in [-0.39, 0.29) is 32.0 Å². The van der Waals surface area contributed by atoms with Crippen molar-refractivity contribution in [2.75, 3.05) is 39.3 Å². The van der Waals surface area contributed by atoms with Crippen molar-refractivity contribution in [1.29, 1.82) is 0 Å². The third-order valence-electron chi connectivity index (χ3n) is 2.77. The second-order valence-electron chi connectivity index (χ2n) is 4.19. The molecule has 1 aliphatic rings. The number of hydrogen-bond acceptors (Lipinski definition) is 4. The molecule has 0 spiro atoms. The highest BCUT2D eigenvalue weighted by atomic mass is 35.5. The first kappa shape index (κ1) is 19.9. The highest BCUT2D eigenvalue weighted by Gasteiger charge is 2.44. The first-order valence-electron chi connectivity index (χ1n) is 6.02. The predicted molar refractivity (Wildman–Crippen MR) is 72.1 cm³/mol. The zero-order valence-electron chi connectivity index (χ0n) is 11.0. The lowest BCUT2D eigenvalue weighted by Gasteiger charge is -2.35. The Morgan fingerprint density at radius 1 is 1.25 bits per heavy atom. The van der Waals surface area contributed by atoms with E-state index in [0.717, 1.165) is 0 Å².